The highest BCUT2D eigenvalue weighted by atomic mass is 16.5. The van der Waals surface area contributed by atoms with Crippen molar-refractivity contribution in [3.63, 3.8) is 0 Å². The fraction of sp³-hybridized carbons (Fsp3) is 0.500. The minimum absolute atomic E-state index is 0.152. The van der Waals surface area contributed by atoms with Crippen molar-refractivity contribution in [2.45, 2.75) is 33.2 Å². The first-order chi connectivity index (χ1) is 8.38. The number of carbonyl (C=O) groups is 1. The molecule has 1 aromatic rings. The normalized spacial score (nSPS) is 15.8. The first-order valence-corrected chi connectivity index (χ1v) is 6.20. The number of carbonyl (C=O) groups excluding carboxylic acids is 1. The SMILES string of the molecule is CC(C)(C)[C@@H](N)C(=O)Nc1ccc2c(c1)CCO2. The minimum atomic E-state index is -0.526. The topological polar surface area (TPSA) is 64.4 Å². The second kappa shape index (κ2) is 4.61. The molecule has 0 radical (unpaired) electrons. The molecule has 2 rings (SSSR count). The predicted molar refractivity (Wildman–Crippen MR) is 71.7 cm³/mol. The fourth-order valence-electron chi connectivity index (χ4n) is 1.88. The lowest BCUT2D eigenvalue weighted by molar-refractivity contribution is -0.119. The highest BCUT2D eigenvalue weighted by Crippen LogP contribution is 2.28. The number of fused-ring (bicyclic) bond motifs is 1. The van der Waals surface area contributed by atoms with Crippen LogP contribution in [-0.4, -0.2) is 18.6 Å². The van der Waals surface area contributed by atoms with Crippen LogP contribution >= 0.6 is 0 Å². The van der Waals surface area contributed by atoms with Crippen LogP contribution in [0.3, 0.4) is 0 Å². The molecule has 0 unspecified atom stereocenters. The Hall–Kier alpha value is -1.55. The minimum Gasteiger partial charge on any atom is -0.493 e. The van der Waals surface area contributed by atoms with Gasteiger partial charge >= 0.3 is 0 Å². The van der Waals surface area contributed by atoms with Gasteiger partial charge in [0.1, 0.15) is 5.75 Å². The van der Waals surface area contributed by atoms with Crippen molar-refractivity contribution >= 4 is 11.6 Å². The molecular weight excluding hydrogens is 228 g/mol. The molecule has 0 fully saturated rings. The molecule has 0 saturated carbocycles. The van der Waals surface area contributed by atoms with Crippen LogP contribution in [0, 0.1) is 5.41 Å². The number of ether oxygens (including phenoxy) is 1. The number of amides is 1. The van der Waals surface area contributed by atoms with Crippen molar-refractivity contribution in [3.8, 4) is 5.75 Å². The van der Waals surface area contributed by atoms with Crippen LogP contribution in [0.1, 0.15) is 26.3 Å². The molecule has 18 heavy (non-hydrogen) atoms. The molecule has 0 aliphatic carbocycles. The summed E-state index contributed by atoms with van der Waals surface area (Å²) < 4.78 is 5.42. The van der Waals surface area contributed by atoms with Crippen LogP contribution < -0.4 is 15.8 Å². The standard InChI is InChI=1S/C14H20N2O2/c1-14(2,3)12(15)13(17)16-10-4-5-11-9(8-10)6-7-18-11/h4-5,8,12H,6-7,15H2,1-3H3,(H,16,17)/t12-/m0/s1. The number of rotatable bonds is 2. The molecule has 98 valence electrons. The number of hydrogen-bond donors (Lipinski definition) is 2. The molecule has 4 heteroatoms. The number of anilines is 1. The molecule has 1 aliphatic heterocycles. The number of nitrogens with two attached hydrogens (primary N) is 1. The number of nitrogens with one attached hydrogen (secondary N) is 1. The van der Waals surface area contributed by atoms with Gasteiger partial charge in [0.15, 0.2) is 0 Å². The second-order valence-corrected chi connectivity index (χ2v) is 5.75. The third-order valence-electron chi connectivity index (χ3n) is 3.17. The zero-order chi connectivity index (χ0) is 13.3. The average Bonchev–Trinajstić information content (AvgIpc) is 2.73. The van der Waals surface area contributed by atoms with E-state index in [2.05, 4.69) is 5.32 Å². The molecule has 4 nitrogen and oxygen atoms in total. The smallest absolute Gasteiger partial charge is 0.241 e. The molecule has 1 aliphatic rings. The third kappa shape index (κ3) is 2.64. The Balaban J connectivity index is 2.08. The van der Waals surface area contributed by atoms with Crippen LogP contribution in [0.4, 0.5) is 5.69 Å². The van der Waals surface area contributed by atoms with Gasteiger partial charge < -0.3 is 15.8 Å². The van der Waals surface area contributed by atoms with Gasteiger partial charge in [0.25, 0.3) is 0 Å². The van der Waals surface area contributed by atoms with Crippen molar-refractivity contribution < 1.29 is 9.53 Å². The van der Waals surface area contributed by atoms with Gasteiger partial charge in [-0.3, -0.25) is 4.79 Å². The second-order valence-electron chi connectivity index (χ2n) is 5.75. The van der Waals surface area contributed by atoms with Crippen molar-refractivity contribution in [3.05, 3.63) is 23.8 Å². The predicted octanol–water partition coefficient (Wildman–Crippen LogP) is 1.93. The van der Waals surface area contributed by atoms with E-state index in [-0.39, 0.29) is 11.3 Å². The molecule has 3 N–H and O–H groups in total. The van der Waals surface area contributed by atoms with E-state index in [4.69, 9.17) is 10.5 Å². The molecule has 0 bridgehead atoms. The van der Waals surface area contributed by atoms with Crippen LogP contribution in [0.25, 0.3) is 0 Å². The van der Waals surface area contributed by atoms with Crippen LogP contribution in [0.5, 0.6) is 5.75 Å². The zero-order valence-electron chi connectivity index (χ0n) is 11.1. The molecule has 0 aromatic heterocycles. The van der Waals surface area contributed by atoms with E-state index < -0.39 is 6.04 Å². The number of hydrogen-bond acceptors (Lipinski definition) is 3. The molecule has 1 heterocycles. The Labute approximate surface area is 108 Å². The van der Waals surface area contributed by atoms with Crippen LogP contribution in [-0.2, 0) is 11.2 Å². The summed E-state index contributed by atoms with van der Waals surface area (Å²) in [7, 11) is 0. The summed E-state index contributed by atoms with van der Waals surface area (Å²) in [6, 6.07) is 5.16. The van der Waals surface area contributed by atoms with E-state index in [1.165, 1.54) is 0 Å². The maximum atomic E-state index is 12.0. The molecule has 1 amide bonds. The van der Waals surface area contributed by atoms with Crippen molar-refractivity contribution in [1.29, 1.82) is 0 Å². The Kier molecular flexibility index (Phi) is 3.30. The van der Waals surface area contributed by atoms with Crippen molar-refractivity contribution in [2.75, 3.05) is 11.9 Å². The largest absolute Gasteiger partial charge is 0.493 e. The fourth-order valence-corrected chi connectivity index (χ4v) is 1.88. The molecule has 0 spiro atoms. The first-order valence-electron chi connectivity index (χ1n) is 6.20. The van der Waals surface area contributed by atoms with Gasteiger partial charge in [0, 0.05) is 12.1 Å². The highest BCUT2D eigenvalue weighted by molar-refractivity contribution is 5.95. The van der Waals surface area contributed by atoms with Gasteiger partial charge in [-0.15, -0.1) is 0 Å². The summed E-state index contributed by atoms with van der Waals surface area (Å²) in [6.07, 6.45) is 0.893. The summed E-state index contributed by atoms with van der Waals surface area (Å²) in [5.41, 5.74) is 7.59. The molecule has 0 saturated heterocycles. The van der Waals surface area contributed by atoms with E-state index >= 15 is 0 Å². The average molecular weight is 248 g/mol. The van der Waals surface area contributed by atoms with E-state index in [0.29, 0.717) is 6.61 Å². The maximum Gasteiger partial charge on any atom is 0.241 e. The van der Waals surface area contributed by atoms with E-state index in [1.807, 2.05) is 39.0 Å². The summed E-state index contributed by atoms with van der Waals surface area (Å²) in [6.45, 7) is 6.57. The summed E-state index contributed by atoms with van der Waals surface area (Å²) in [5.74, 6) is 0.759. The first kappa shape index (κ1) is 12.9. The van der Waals surface area contributed by atoms with Crippen LogP contribution in [0.15, 0.2) is 18.2 Å². The molecule has 1 aromatic carbocycles. The van der Waals surface area contributed by atoms with Gasteiger partial charge in [0.05, 0.1) is 12.6 Å². The lowest BCUT2D eigenvalue weighted by Gasteiger charge is -2.25. The van der Waals surface area contributed by atoms with Crippen molar-refractivity contribution in [2.24, 2.45) is 11.1 Å². The lowest BCUT2D eigenvalue weighted by Crippen LogP contribution is -2.45. The summed E-state index contributed by atoms with van der Waals surface area (Å²) >= 11 is 0. The maximum absolute atomic E-state index is 12.0. The van der Waals surface area contributed by atoms with Gasteiger partial charge in [-0.05, 0) is 29.2 Å². The quantitative estimate of drug-likeness (QED) is 0.840. The summed E-state index contributed by atoms with van der Waals surface area (Å²) in [5, 5.41) is 2.86. The van der Waals surface area contributed by atoms with Gasteiger partial charge in [0.2, 0.25) is 5.91 Å². The Bertz CT molecular complexity index is 463. The summed E-state index contributed by atoms with van der Waals surface area (Å²) in [4.78, 5) is 12.0. The zero-order valence-corrected chi connectivity index (χ0v) is 11.1. The molecular formula is C14H20N2O2. The Morgan fingerprint density at radius 3 is 2.83 bits per heavy atom. The Morgan fingerprint density at radius 2 is 2.17 bits per heavy atom. The highest BCUT2D eigenvalue weighted by Gasteiger charge is 2.27. The van der Waals surface area contributed by atoms with Gasteiger partial charge in [-0.1, -0.05) is 20.8 Å². The third-order valence-corrected chi connectivity index (χ3v) is 3.17. The Morgan fingerprint density at radius 1 is 1.44 bits per heavy atom. The van der Waals surface area contributed by atoms with Gasteiger partial charge in [-0.2, -0.15) is 0 Å². The monoisotopic (exact) mass is 248 g/mol. The molecule has 1 atom stereocenters. The lowest BCUT2D eigenvalue weighted by atomic mass is 9.87. The van der Waals surface area contributed by atoms with E-state index in [9.17, 15) is 4.79 Å². The number of benzene rings is 1. The van der Waals surface area contributed by atoms with E-state index in [1.54, 1.807) is 0 Å². The van der Waals surface area contributed by atoms with Crippen LogP contribution in [0.2, 0.25) is 0 Å². The van der Waals surface area contributed by atoms with E-state index in [0.717, 1.165) is 23.4 Å². The van der Waals surface area contributed by atoms with Crippen molar-refractivity contribution in [1.82, 2.24) is 0 Å². The van der Waals surface area contributed by atoms with Gasteiger partial charge in [-0.25, -0.2) is 0 Å².